The second-order valence-corrected chi connectivity index (χ2v) is 6.11. The third-order valence-corrected chi connectivity index (χ3v) is 4.35. The van der Waals surface area contributed by atoms with Crippen molar-refractivity contribution in [2.24, 2.45) is 0 Å². The zero-order valence-electron chi connectivity index (χ0n) is 12.9. The maximum Gasteiger partial charge on any atom is 0.241 e. The van der Waals surface area contributed by atoms with E-state index >= 15 is 0 Å². The van der Waals surface area contributed by atoms with Gasteiger partial charge in [0.2, 0.25) is 5.91 Å². The summed E-state index contributed by atoms with van der Waals surface area (Å²) in [5.41, 5.74) is 1.11. The molecule has 1 amide bonds. The lowest BCUT2D eigenvalue weighted by atomic mass is 10.1. The molecule has 3 nitrogen and oxygen atoms in total. The van der Waals surface area contributed by atoms with E-state index in [0.29, 0.717) is 0 Å². The number of hydrogen-bond donors (Lipinski definition) is 1. The van der Waals surface area contributed by atoms with E-state index < -0.39 is 0 Å². The molecule has 1 aliphatic rings. The van der Waals surface area contributed by atoms with Gasteiger partial charge in [0.25, 0.3) is 0 Å². The number of benzene rings is 1. The third kappa shape index (κ3) is 3.98. The van der Waals surface area contributed by atoms with Gasteiger partial charge in [0.1, 0.15) is 6.17 Å². The molecule has 2 unspecified atom stereocenters. The van der Waals surface area contributed by atoms with E-state index in [2.05, 4.69) is 19.2 Å². The summed E-state index contributed by atoms with van der Waals surface area (Å²) in [4.78, 5) is 14.5. The van der Waals surface area contributed by atoms with Crippen LogP contribution >= 0.6 is 11.6 Å². The van der Waals surface area contributed by atoms with E-state index in [1.807, 2.05) is 29.2 Å². The average molecular weight is 309 g/mol. The molecule has 2 rings (SSSR count). The van der Waals surface area contributed by atoms with Gasteiger partial charge in [-0.1, -0.05) is 56.8 Å². The Balaban J connectivity index is 2.08. The minimum Gasteiger partial charge on any atom is -0.322 e. The Morgan fingerprint density at radius 3 is 2.48 bits per heavy atom. The molecule has 4 heteroatoms. The van der Waals surface area contributed by atoms with E-state index in [4.69, 9.17) is 11.6 Å². The molecule has 0 spiro atoms. The molecule has 0 bridgehead atoms. The Hall–Kier alpha value is -1.06. The minimum absolute atomic E-state index is 0.0126. The van der Waals surface area contributed by atoms with Crippen LogP contribution in [-0.4, -0.2) is 23.4 Å². The van der Waals surface area contributed by atoms with Gasteiger partial charge in [-0.05, 0) is 30.5 Å². The number of carbonyl (C=O) groups is 1. The summed E-state index contributed by atoms with van der Waals surface area (Å²) in [6.07, 6.45) is 5.52. The minimum atomic E-state index is -0.0585. The summed E-state index contributed by atoms with van der Waals surface area (Å²) in [5, 5.41) is 4.18. The summed E-state index contributed by atoms with van der Waals surface area (Å²) in [6.45, 7) is 5.08. The van der Waals surface area contributed by atoms with Crippen molar-refractivity contribution in [1.29, 1.82) is 0 Å². The second kappa shape index (κ2) is 7.81. The monoisotopic (exact) mass is 308 g/mol. The Morgan fingerprint density at radius 1 is 1.14 bits per heavy atom. The third-order valence-electron chi connectivity index (χ3n) is 4.10. The van der Waals surface area contributed by atoms with Crippen LogP contribution in [0.4, 0.5) is 0 Å². The molecule has 1 saturated heterocycles. The highest BCUT2D eigenvalue weighted by Crippen LogP contribution is 2.27. The lowest BCUT2D eigenvalue weighted by Gasteiger charge is -2.24. The second-order valence-electron chi connectivity index (χ2n) is 5.67. The van der Waals surface area contributed by atoms with Gasteiger partial charge in [-0.3, -0.25) is 10.1 Å². The van der Waals surface area contributed by atoms with Crippen LogP contribution in [0.1, 0.15) is 57.7 Å². The number of hydrogen-bond acceptors (Lipinski definition) is 2. The molecular weight excluding hydrogens is 284 g/mol. The summed E-state index contributed by atoms with van der Waals surface area (Å²) in [7, 11) is 0. The van der Waals surface area contributed by atoms with Crippen molar-refractivity contribution in [1.82, 2.24) is 10.2 Å². The zero-order chi connectivity index (χ0) is 15.2. The number of carbonyl (C=O) groups excluding carboxylic acids is 1. The van der Waals surface area contributed by atoms with Crippen LogP contribution in [0, 0.1) is 0 Å². The molecule has 1 aromatic carbocycles. The van der Waals surface area contributed by atoms with Crippen molar-refractivity contribution in [3.05, 3.63) is 34.9 Å². The molecule has 1 heterocycles. The van der Waals surface area contributed by atoms with E-state index in [9.17, 15) is 4.79 Å². The first-order valence-corrected chi connectivity index (χ1v) is 8.37. The fourth-order valence-electron chi connectivity index (χ4n) is 2.84. The number of nitrogens with one attached hydrogen (secondary N) is 1. The predicted molar refractivity (Wildman–Crippen MR) is 87.3 cm³/mol. The van der Waals surface area contributed by atoms with Gasteiger partial charge in [-0.15, -0.1) is 0 Å². The van der Waals surface area contributed by atoms with E-state index in [1.54, 1.807) is 0 Å². The van der Waals surface area contributed by atoms with E-state index in [-0.39, 0.29) is 18.1 Å². The first-order chi connectivity index (χ1) is 10.2. The quantitative estimate of drug-likeness (QED) is 0.768. The van der Waals surface area contributed by atoms with Crippen molar-refractivity contribution in [3.63, 3.8) is 0 Å². The van der Waals surface area contributed by atoms with Crippen molar-refractivity contribution in [2.75, 3.05) is 6.54 Å². The zero-order valence-corrected chi connectivity index (χ0v) is 13.7. The molecule has 1 N–H and O–H groups in total. The highest BCUT2D eigenvalue weighted by atomic mass is 35.5. The lowest BCUT2D eigenvalue weighted by Crippen LogP contribution is -2.31. The number of rotatable bonds is 7. The SMILES string of the molecule is CCCCCCN1C(=O)C(CC)NC1c1ccc(Cl)cc1. The molecule has 1 fully saturated rings. The normalized spacial score (nSPS) is 22.0. The van der Waals surface area contributed by atoms with Crippen molar-refractivity contribution < 1.29 is 4.79 Å². The number of nitrogens with zero attached hydrogens (tertiary/aromatic N) is 1. The highest BCUT2D eigenvalue weighted by molar-refractivity contribution is 6.30. The highest BCUT2D eigenvalue weighted by Gasteiger charge is 2.37. The molecule has 2 atom stereocenters. The van der Waals surface area contributed by atoms with E-state index in [1.165, 1.54) is 19.3 Å². The molecule has 0 aliphatic carbocycles. The average Bonchev–Trinajstić information content (AvgIpc) is 2.81. The standard InChI is InChI=1S/C17H25ClN2O/c1-3-5-6-7-12-20-16(19-15(4-2)17(20)21)13-8-10-14(18)11-9-13/h8-11,15-16,19H,3-7,12H2,1-2H3. The van der Waals surface area contributed by atoms with Crippen molar-refractivity contribution in [2.45, 2.75) is 58.2 Å². The van der Waals surface area contributed by atoms with Crippen molar-refractivity contribution >= 4 is 17.5 Å². The van der Waals surface area contributed by atoms with Gasteiger partial charge >= 0.3 is 0 Å². The summed E-state index contributed by atoms with van der Waals surface area (Å²) in [6, 6.07) is 7.72. The fourth-order valence-corrected chi connectivity index (χ4v) is 2.97. The van der Waals surface area contributed by atoms with Crippen LogP contribution < -0.4 is 5.32 Å². The molecule has 1 aliphatic heterocycles. The van der Waals surface area contributed by atoms with Gasteiger partial charge in [0, 0.05) is 11.6 Å². The van der Waals surface area contributed by atoms with Crippen LogP contribution in [0.2, 0.25) is 5.02 Å². The van der Waals surface area contributed by atoms with Crippen LogP contribution in [0.15, 0.2) is 24.3 Å². The smallest absolute Gasteiger partial charge is 0.241 e. The molecule has 0 saturated carbocycles. The Morgan fingerprint density at radius 2 is 1.86 bits per heavy atom. The molecule has 0 radical (unpaired) electrons. The first kappa shape index (κ1) is 16.3. The Bertz CT molecular complexity index is 460. The van der Waals surface area contributed by atoms with Crippen LogP contribution in [0.3, 0.4) is 0 Å². The first-order valence-electron chi connectivity index (χ1n) is 7.99. The van der Waals surface area contributed by atoms with Gasteiger partial charge in [0.05, 0.1) is 6.04 Å². The Kier molecular flexibility index (Phi) is 6.07. The van der Waals surface area contributed by atoms with Gasteiger partial charge in [-0.2, -0.15) is 0 Å². The molecular formula is C17H25ClN2O. The molecule has 0 aromatic heterocycles. The van der Waals surface area contributed by atoms with Crippen LogP contribution in [0.25, 0.3) is 0 Å². The lowest BCUT2D eigenvalue weighted by molar-refractivity contribution is -0.130. The number of amides is 1. The fraction of sp³-hybridized carbons (Fsp3) is 0.588. The topological polar surface area (TPSA) is 32.3 Å². The van der Waals surface area contributed by atoms with Gasteiger partial charge in [0.15, 0.2) is 0 Å². The number of unbranched alkanes of at least 4 members (excludes halogenated alkanes) is 3. The van der Waals surface area contributed by atoms with E-state index in [0.717, 1.165) is 30.0 Å². The summed E-state index contributed by atoms with van der Waals surface area (Å²) in [5.74, 6) is 0.231. The molecule has 1 aromatic rings. The summed E-state index contributed by atoms with van der Waals surface area (Å²) < 4.78 is 0. The van der Waals surface area contributed by atoms with Crippen molar-refractivity contribution in [3.8, 4) is 0 Å². The molecule has 21 heavy (non-hydrogen) atoms. The largest absolute Gasteiger partial charge is 0.322 e. The van der Waals surface area contributed by atoms with Gasteiger partial charge in [-0.25, -0.2) is 0 Å². The van der Waals surface area contributed by atoms with Crippen LogP contribution in [-0.2, 0) is 4.79 Å². The maximum atomic E-state index is 12.5. The van der Waals surface area contributed by atoms with Gasteiger partial charge < -0.3 is 4.90 Å². The number of halogens is 1. The predicted octanol–water partition coefficient (Wildman–Crippen LogP) is 4.13. The summed E-state index contributed by atoms with van der Waals surface area (Å²) >= 11 is 5.96. The maximum absolute atomic E-state index is 12.5. The molecule has 116 valence electrons. The Labute approximate surface area is 132 Å². The van der Waals surface area contributed by atoms with Crippen LogP contribution in [0.5, 0.6) is 0 Å².